The molecule has 1 aromatic heterocycles. The molecule has 0 fully saturated rings. The summed E-state index contributed by atoms with van der Waals surface area (Å²) in [5, 5.41) is 2.06. The maximum Gasteiger partial charge on any atom is 0.226 e. The van der Waals surface area contributed by atoms with E-state index in [0.717, 1.165) is 22.3 Å². The molecule has 1 atom stereocenters. The average Bonchev–Trinajstić information content (AvgIpc) is 3.11. The van der Waals surface area contributed by atoms with Crippen LogP contribution >= 0.6 is 23.1 Å². The number of aliphatic imine (C=N–C) groups is 1. The van der Waals surface area contributed by atoms with Gasteiger partial charge in [-0.3, -0.25) is 0 Å². The van der Waals surface area contributed by atoms with Gasteiger partial charge in [0, 0.05) is 11.5 Å². The van der Waals surface area contributed by atoms with Gasteiger partial charge in [-0.05, 0) is 23.9 Å². The summed E-state index contributed by atoms with van der Waals surface area (Å²) in [6, 6.07) is 13.1. The predicted molar refractivity (Wildman–Crippen MR) is 87.9 cm³/mol. The van der Waals surface area contributed by atoms with E-state index in [4.69, 9.17) is 4.74 Å². The van der Waals surface area contributed by atoms with Gasteiger partial charge in [0.2, 0.25) is 5.90 Å². The molecule has 0 aliphatic carbocycles. The normalized spacial score (nSPS) is 17.9. The minimum atomic E-state index is 0.294. The smallest absolute Gasteiger partial charge is 0.226 e. The van der Waals surface area contributed by atoms with E-state index in [1.807, 2.05) is 17.8 Å². The number of ether oxygens (including phenoxy) is 1. The first kappa shape index (κ1) is 13.7. The fourth-order valence-electron chi connectivity index (χ4n) is 2.03. The molecular weight excluding hydrogens is 286 g/mol. The maximum atomic E-state index is 5.68. The molecule has 2 aromatic rings. The molecule has 0 bridgehead atoms. The molecule has 0 spiro atoms. The second-order valence-corrected chi connectivity index (χ2v) is 6.86. The molecule has 0 amide bonds. The van der Waals surface area contributed by atoms with Gasteiger partial charge < -0.3 is 4.74 Å². The number of thioether (sulfide) groups is 1. The zero-order valence-electron chi connectivity index (χ0n) is 11.4. The van der Waals surface area contributed by atoms with E-state index >= 15 is 0 Å². The van der Waals surface area contributed by atoms with Gasteiger partial charge in [0.25, 0.3) is 0 Å². The third-order valence-electron chi connectivity index (χ3n) is 3.14. The zero-order chi connectivity index (χ0) is 13.8. The summed E-state index contributed by atoms with van der Waals surface area (Å²) in [6.45, 7) is 2.84. The molecule has 2 heterocycles. The first-order valence-corrected chi connectivity index (χ1v) is 8.72. The monoisotopic (exact) mass is 303 g/mol. The Morgan fingerprint density at radius 1 is 1.30 bits per heavy atom. The van der Waals surface area contributed by atoms with Crippen molar-refractivity contribution < 1.29 is 4.74 Å². The van der Waals surface area contributed by atoms with Gasteiger partial charge in [0.05, 0.1) is 10.9 Å². The lowest BCUT2D eigenvalue weighted by Crippen LogP contribution is -2.09. The van der Waals surface area contributed by atoms with Crippen molar-refractivity contribution in [1.29, 1.82) is 0 Å². The molecule has 2 nitrogen and oxygen atoms in total. The number of hydrogen-bond donors (Lipinski definition) is 0. The predicted octanol–water partition coefficient (Wildman–Crippen LogP) is 4.14. The zero-order valence-corrected chi connectivity index (χ0v) is 13.0. The molecule has 0 saturated heterocycles. The number of thiophene rings is 1. The highest BCUT2D eigenvalue weighted by Crippen LogP contribution is 2.20. The van der Waals surface area contributed by atoms with Crippen LogP contribution in [0, 0.1) is 6.92 Å². The maximum absolute atomic E-state index is 5.68. The van der Waals surface area contributed by atoms with Gasteiger partial charge in [-0.15, -0.1) is 11.3 Å². The number of nitrogens with zero attached hydrogens (tertiary/aromatic N) is 1. The molecule has 20 heavy (non-hydrogen) atoms. The minimum absolute atomic E-state index is 0.294. The highest BCUT2D eigenvalue weighted by Gasteiger charge is 2.20. The number of hydrogen-bond acceptors (Lipinski definition) is 4. The summed E-state index contributed by atoms with van der Waals surface area (Å²) in [6.07, 6.45) is 0. The summed E-state index contributed by atoms with van der Waals surface area (Å²) >= 11 is 3.61. The fourth-order valence-corrected chi connectivity index (χ4v) is 3.70. The Balaban J connectivity index is 1.49. The van der Waals surface area contributed by atoms with Crippen molar-refractivity contribution in [3.8, 4) is 0 Å². The Hall–Kier alpha value is -1.26. The van der Waals surface area contributed by atoms with Crippen LogP contribution in [-0.2, 0) is 10.5 Å². The molecule has 1 aromatic carbocycles. The summed E-state index contributed by atoms with van der Waals surface area (Å²) in [5.41, 5.74) is 2.69. The molecule has 3 rings (SSSR count). The Morgan fingerprint density at radius 2 is 2.15 bits per heavy atom. The first-order valence-electron chi connectivity index (χ1n) is 6.69. The van der Waals surface area contributed by atoms with E-state index in [9.17, 15) is 0 Å². The highest BCUT2D eigenvalue weighted by molar-refractivity contribution is 7.98. The van der Waals surface area contributed by atoms with Crippen LogP contribution < -0.4 is 0 Å². The van der Waals surface area contributed by atoms with Crippen LogP contribution in [0.15, 0.2) is 46.8 Å². The molecule has 1 aliphatic heterocycles. The molecule has 0 N–H and O–H groups in total. The Labute approximate surface area is 127 Å². The summed E-state index contributed by atoms with van der Waals surface area (Å²) in [7, 11) is 0. The van der Waals surface area contributed by atoms with E-state index in [1.165, 1.54) is 11.1 Å². The van der Waals surface area contributed by atoms with Crippen LogP contribution in [0.5, 0.6) is 0 Å². The van der Waals surface area contributed by atoms with Crippen molar-refractivity contribution in [2.24, 2.45) is 4.99 Å². The van der Waals surface area contributed by atoms with Crippen LogP contribution in [-0.4, -0.2) is 24.3 Å². The molecular formula is C16H17NOS2. The van der Waals surface area contributed by atoms with Crippen LogP contribution in [0.1, 0.15) is 16.0 Å². The Bertz CT molecular complexity index is 575. The lowest BCUT2D eigenvalue weighted by molar-refractivity contribution is 0.326. The lowest BCUT2D eigenvalue weighted by Gasteiger charge is -2.05. The number of benzene rings is 1. The summed E-state index contributed by atoms with van der Waals surface area (Å²) in [5.74, 6) is 2.88. The Morgan fingerprint density at radius 3 is 2.90 bits per heavy atom. The fraction of sp³-hybridized carbons (Fsp3) is 0.312. The van der Waals surface area contributed by atoms with Crippen molar-refractivity contribution in [3.05, 3.63) is 57.8 Å². The van der Waals surface area contributed by atoms with Gasteiger partial charge >= 0.3 is 0 Å². The largest absolute Gasteiger partial charge is 0.475 e. The molecule has 0 unspecified atom stereocenters. The highest BCUT2D eigenvalue weighted by atomic mass is 32.2. The molecule has 0 radical (unpaired) electrons. The van der Waals surface area contributed by atoms with Gasteiger partial charge in [-0.25, -0.2) is 4.99 Å². The summed E-state index contributed by atoms with van der Waals surface area (Å²) < 4.78 is 5.68. The van der Waals surface area contributed by atoms with Crippen molar-refractivity contribution in [1.82, 2.24) is 0 Å². The topological polar surface area (TPSA) is 21.6 Å². The van der Waals surface area contributed by atoms with Crippen molar-refractivity contribution in [3.63, 3.8) is 0 Å². The van der Waals surface area contributed by atoms with Crippen LogP contribution in [0.25, 0.3) is 0 Å². The molecule has 0 saturated carbocycles. The number of rotatable bonds is 5. The molecule has 4 heteroatoms. The average molecular weight is 303 g/mol. The van der Waals surface area contributed by atoms with Crippen molar-refractivity contribution in [2.45, 2.75) is 18.7 Å². The quantitative estimate of drug-likeness (QED) is 0.828. The second kappa shape index (κ2) is 6.46. The van der Waals surface area contributed by atoms with E-state index in [0.29, 0.717) is 12.6 Å². The van der Waals surface area contributed by atoms with E-state index in [1.54, 1.807) is 11.3 Å². The van der Waals surface area contributed by atoms with Gasteiger partial charge in [0.1, 0.15) is 6.61 Å². The lowest BCUT2D eigenvalue weighted by atomic mass is 10.2. The number of aryl methyl sites for hydroxylation is 1. The second-order valence-electron chi connectivity index (χ2n) is 4.88. The first-order chi connectivity index (χ1) is 9.81. The van der Waals surface area contributed by atoms with Crippen LogP contribution in [0.2, 0.25) is 0 Å². The van der Waals surface area contributed by atoms with Crippen molar-refractivity contribution in [2.75, 3.05) is 12.4 Å². The third-order valence-corrected chi connectivity index (χ3v) is 5.16. The molecule has 104 valence electrons. The van der Waals surface area contributed by atoms with Gasteiger partial charge in [0.15, 0.2) is 0 Å². The Kier molecular flexibility index (Phi) is 4.43. The standard InChI is InChI=1S/C16H17NOS2/c1-12-4-6-13(7-5-12)10-19-11-14-9-18-16(17-14)15-3-2-8-20-15/h2-8,14H,9-11H2,1H3/t14-/m1/s1. The van der Waals surface area contributed by atoms with Gasteiger partial charge in [-0.1, -0.05) is 35.9 Å². The SMILES string of the molecule is Cc1ccc(CSC[C@H]2COC(c3cccs3)=N2)cc1. The summed E-state index contributed by atoms with van der Waals surface area (Å²) in [4.78, 5) is 5.80. The van der Waals surface area contributed by atoms with Crippen LogP contribution in [0.4, 0.5) is 0 Å². The van der Waals surface area contributed by atoms with E-state index in [2.05, 4.69) is 47.6 Å². The van der Waals surface area contributed by atoms with Gasteiger partial charge in [-0.2, -0.15) is 11.8 Å². The van der Waals surface area contributed by atoms with Crippen LogP contribution in [0.3, 0.4) is 0 Å². The van der Waals surface area contributed by atoms with Crippen molar-refractivity contribution >= 4 is 29.0 Å². The third kappa shape index (κ3) is 3.44. The minimum Gasteiger partial charge on any atom is -0.475 e. The molecule has 1 aliphatic rings. The van der Waals surface area contributed by atoms with E-state index in [-0.39, 0.29) is 0 Å². The van der Waals surface area contributed by atoms with E-state index < -0.39 is 0 Å².